The van der Waals surface area contributed by atoms with E-state index in [4.69, 9.17) is 0 Å². The number of nitrogens with zero attached hydrogens (tertiary/aromatic N) is 1. The molecule has 0 radical (unpaired) electrons. The zero-order valence-corrected chi connectivity index (χ0v) is 12.4. The molecule has 3 atom stereocenters. The molecule has 3 unspecified atom stereocenters. The highest BCUT2D eigenvalue weighted by atomic mass is 19.1. The summed E-state index contributed by atoms with van der Waals surface area (Å²) in [5.41, 5.74) is 4.24. The summed E-state index contributed by atoms with van der Waals surface area (Å²) < 4.78 is 13.6. The predicted octanol–water partition coefficient (Wildman–Crippen LogP) is 3.72. The second-order valence-electron chi connectivity index (χ2n) is 6.05. The van der Waals surface area contributed by atoms with Crippen molar-refractivity contribution in [1.29, 1.82) is 0 Å². The van der Waals surface area contributed by atoms with Crippen molar-refractivity contribution in [1.82, 2.24) is 4.98 Å². The zero-order valence-electron chi connectivity index (χ0n) is 12.4. The molecular weight excluding hydrogens is 265 g/mol. The van der Waals surface area contributed by atoms with E-state index in [1.165, 1.54) is 11.6 Å². The molecule has 0 saturated carbocycles. The molecule has 2 nitrogen and oxygen atoms in total. The minimum absolute atomic E-state index is 0.130. The van der Waals surface area contributed by atoms with E-state index in [2.05, 4.69) is 4.98 Å². The number of hydrogen-bond donors (Lipinski definition) is 1. The van der Waals surface area contributed by atoms with E-state index in [1.807, 2.05) is 31.2 Å². The average molecular weight is 285 g/mol. The zero-order chi connectivity index (χ0) is 15.0. The van der Waals surface area contributed by atoms with Gasteiger partial charge in [0, 0.05) is 17.3 Å². The molecule has 21 heavy (non-hydrogen) atoms. The van der Waals surface area contributed by atoms with Crippen LogP contribution in [0.15, 0.2) is 36.4 Å². The van der Waals surface area contributed by atoms with Gasteiger partial charge in [-0.15, -0.1) is 0 Å². The topological polar surface area (TPSA) is 33.1 Å². The number of aliphatic hydroxyl groups is 1. The largest absolute Gasteiger partial charge is 0.393 e. The molecule has 1 N–H and O–H groups in total. The molecule has 3 heteroatoms. The first-order valence-corrected chi connectivity index (χ1v) is 7.44. The van der Waals surface area contributed by atoms with Gasteiger partial charge in [0.25, 0.3) is 0 Å². The number of aryl methyl sites for hydroxylation is 1. The smallest absolute Gasteiger partial charge is 0.123 e. The Labute approximate surface area is 124 Å². The van der Waals surface area contributed by atoms with Gasteiger partial charge in [-0.1, -0.05) is 12.1 Å². The molecule has 1 aromatic carbocycles. The first kappa shape index (κ1) is 14.2. The molecular formula is C18H20FNO. The fraction of sp³-hybridized carbons (Fsp3) is 0.389. The predicted molar refractivity (Wildman–Crippen MR) is 80.9 cm³/mol. The van der Waals surface area contributed by atoms with Crippen LogP contribution in [0.4, 0.5) is 4.39 Å². The summed E-state index contributed by atoms with van der Waals surface area (Å²) in [5.74, 6) is 0.142. The maximum atomic E-state index is 13.6. The minimum atomic E-state index is -0.406. The van der Waals surface area contributed by atoms with Crippen LogP contribution in [0, 0.1) is 12.7 Å². The van der Waals surface area contributed by atoms with Crippen molar-refractivity contribution in [2.24, 2.45) is 0 Å². The number of hydrogen-bond acceptors (Lipinski definition) is 2. The van der Waals surface area contributed by atoms with Crippen LogP contribution >= 0.6 is 0 Å². The lowest BCUT2D eigenvalue weighted by molar-refractivity contribution is 0.170. The van der Waals surface area contributed by atoms with E-state index in [-0.39, 0.29) is 17.7 Å². The van der Waals surface area contributed by atoms with Crippen molar-refractivity contribution in [3.63, 3.8) is 0 Å². The van der Waals surface area contributed by atoms with Crippen molar-refractivity contribution in [2.45, 2.75) is 44.6 Å². The third kappa shape index (κ3) is 2.84. The number of fused-ring (bicyclic) bond motifs is 1. The van der Waals surface area contributed by atoms with E-state index in [0.29, 0.717) is 6.42 Å². The molecule has 0 bridgehead atoms. The lowest BCUT2D eigenvalue weighted by Gasteiger charge is -2.22. The van der Waals surface area contributed by atoms with Gasteiger partial charge in [-0.25, -0.2) is 4.39 Å². The molecule has 2 aromatic rings. The Hall–Kier alpha value is -1.74. The molecule has 1 aliphatic rings. The Morgan fingerprint density at radius 2 is 2.14 bits per heavy atom. The normalized spacial score (nSPS) is 22.1. The molecule has 0 fully saturated rings. The summed E-state index contributed by atoms with van der Waals surface area (Å²) >= 11 is 0. The summed E-state index contributed by atoms with van der Waals surface area (Å²) in [5, 5.41) is 9.81. The van der Waals surface area contributed by atoms with Crippen LogP contribution in [0.1, 0.15) is 47.7 Å². The van der Waals surface area contributed by atoms with Crippen molar-refractivity contribution in [3.05, 3.63) is 64.7 Å². The maximum absolute atomic E-state index is 13.6. The van der Waals surface area contributed by atoms with Crippen molar-refractivity contribution >= 4 is 0 Å². The van der Waals surface area contributed by atoms with Gasteiger partial charge in [0.15, 0.2) is 0 Å². The summed E-state index contributed by atoms with van der Waals surface area (Å²) in [6, 6.07) is 11.0. The summed E-state index contributed by atoms with van der Waals surface area (Å²) in [6.07, 6.45) is 1.09. The van der Waals surface area contributed by atoms with Crippen LogP contribution in [-0.2, 0) is 6.42 Å². The number of rotatable bonds is 3. The quantitative estimate of drug-likeness (QED) is 0.932. The van der Waals surface area contributed by atoms with Crippen molar-refractivity contribution in [3.8, 4) is 0 Å². The van der Waals surface area contributed by atoms with Gasteiger partial charge in [-0.05, 0) is 68.0 Å². The molecule has 1 aromatic heterocycles. The number of aromatic nitrogens is 1. The Morgan fingerprint density at radius 3 is 2.86 bits per heavy atom. The van der Waals surface area contributed by atoms with E-state index >= 15 is 0 Å². The monoisotopic (exact) mass is 285 g/mol. The van der Waals surface area contributed by atoms with Gasteiger partial charge >= 0.3 is 0 Å². The van der Waals surface area contributed by atoms with E-state index in [1.54, 1.807) is 13.0 Å². The maximum Gasteiger partial charge on any atom is 0.123 e. The van der Waals surface area contributed by atoms with Crippen LogP contribution < -0.4 is 0 Å². The minimum Gasteiger partial charge on any atom is -0.393 e. The summed E-state index contributed by atoms with van der Waals surface area (Å²) in [7, 11) is 0. The van der Waals surface area contributed by atoms with Crippen molar-refractivity contribution < 1.29 is 9.50 Å². The first-order valence-electron chi connectivity index (χ1n) is 7.44. The molecule has 3 rings (SSSR count). The van der Waals surface area contributed by atoms with Gasteiger partial charge < -0.3 is 5.11 Å². The van der Waals surface area contributed by atoms with Crippen LogP contribution in [0.2, 0.25) is 0 Å². The molecule has 110 valence electrons. The molecule has 0 saturated heterocycles. The highest BCUT2D eigenvalue weighted by Gasteiger charge is 2.35. The highest BCUT2D eigenvalue weighted by molar-refractivity contribution is 5.41. The van der Waals surface area contributed by atoms with Crippen molar-refractivity contribution in [2.75, 3.05) is 0 Å². The van der Waals surface area contributed by atoms with E-state index in [0.717, 1.165) is 23.4 Å². The average Bonchev–Trinajstić information content (AvgIpc) is 2.76. The third-order valence-corrected chi connectivity index (χ3v) is 4.32. The van der Waals surface area contributed by atoms with Crippen LogP contribution in [-0.4, -0.2) is 16.2 Å². The molecule has 0 aliphatic heterocycles. The fourth-order valence-electron chi connectivity index (χ4n) is 3.43. The van der Waals surface area contributed by atoms with Gasteiger partial charge in [0.2, 0.25) is 0 Å². The molecule has 0 spiro atoms. The molecule has 0 amide bonds. The number of halogens is 1. The lowest BCUT2D eigenvalue weighted by atomic mass is 9.85. The summed E-state index contributed by atoms with van der Waals surface area (Å²) in [4.78, 5) is 4.64. The van der Waals surface area contributed by atoms with Crippen LogP contribution in [0.5, 0.6) is 0 Å². The SMILES string of the molecule is Cc1cccc(C2Cc3ccc(F)cc3C2CC(C)O)n1. The number of benzene rings is 1. The second kappa shape index (κ2) is 5.57. The number of aliphatic hydroxyl groups excluding tert-OH is 1. The first-order chi connectivity index (χ1) is 10.0. The van der Waals surface area contributed by atoms with Gasteiger partial charge in [0.05, 0.1) is 6.10 Å². The third-order valence-electron chi connectivity index (χ3n) is 4.32. The molecule has 1 heterocycles. The second-order valence-corrected chi connectivity index (χ2v) is 6.05. The van der Waals surface area contributed by atoms with Gasteiger partial charge in [-0.2, -0.15) is 0 Å². The number of pyridine rings is 1. The molecule has 1 aliphatic carbocycles. The Morgan fingerprint density at radius 1 is 1.33 bits per heavy atom. The fourth-order valence-corrected chi connectivity index (χ4v) is 3.43. The van der Waals surface area contributed by atoms with Gasteiger partial charge in [-0.3, -0.25) is 4.98 Å². The Kier molecular flexibility index (Phi) is 3.77. The van der Waals surface area contributed by atoms with E-state index in [9.17, 15) is 9.50 Å². The Bertz CT molecular complexity index is 653. The summed E-state index contributed by atoms with van der Waals surface area (Å²) in [6.45, 7) is 3.77. The highest BCUT2D eigenvalue weighted by Crippen LogP contribution is 2.46. The van der Waals surface area contributed by atoms with Crippen LogP contribution in [0.25, 0.3) is 0 Å². The van der Waals surface area contributed by atoms with Gasteiger partial charge in [0.1, 0.15) is 5.82 Å². The Balaban J connectivity index is 2.01. The van der Waals surface area contributed by atoms with E-state index < -0.39 is 6.10 Å². The standard InChI is InChI=1S/C18H20FNO/c1-11-4-3-5-18(20-11)17-9-13-6-7-14(19)10-15(13)16(17)8-12(2)21/h3-7,10,12,16-17,21H,8-9H2,1-2H3. The van der Waals surface area contributed by atoms with Crippen LogP contribution in [0.3, 0.4) is 0 Å². The lowest BCUT2D eigenvalue weighted by Crippen LogP contribution is -2.14.